The molecule has 0 saturated carbocycles. The van der Waals surface area contributed by atoms with Gasteiger partial charge < -0.3 is 20.5 Å². The molecule has 1 atom stereocenters. The van der Waals surface area contributed by atoms with Crippen molar-refractivity contribution in [1.29, 1.82) is 0 Å². The number of benzene rings is 2. The Morgan fingerprint density at radius 3 is 2.57 bits per heavy atom. The molecule has 3 N–H and O–H groups in total. The Bertz CT molecular complexity index is 572. The lowest BCUT2D eigenvalue weighted by atomic mass is 10.1. The van der Waals surface area contributed by atoms with Gasteiger partial charge in [0.2, 0.25) is 0 Å². The second-order valence-electron chi connectivity index (χ2n) is 4.67. The molecule has 0 radical (unpaired) electrons. The van der Waals surface area contributed by atoms with Crippen molar-refractivity contribution >= 4 is 5.69 Å². The fourth-order valence-electron chi connectivity index (χ4n) is 2.18. The summed E-state index contributed by atoms with van der Waals surface area (Å²) in [5, 5.41) is 3.43. The maximum absolute atomic E-state index is 5.91. The first-order valence-corrected chi connectivity index (χ1v) is 7.10. The fraction of sp³-hybridized carbons (Fsp3) is 0.294. The van der Waals surface area contributed by atoms with E-state index in [2.05, 4.69) is 5.32 Å². The first-order valence-electron chi connectivity index (χ1n) is 7.10. The average molecular weight is 286 g/mol. The Kier molecular flexibility index (Phi) is 5.46. The zero-order chi connectivity index (χ0) is 15.1. The highest BCUT2D eigenvalue weighted by atomic mass is 16.5. The van der Waals surface area contributed by atoms with E-state index in [4.69, 9.17) is 15.2 Å². The minimum Gasteiger partial charge on any atom is -0.497 e. The average Bonchev–Trinajstić information content (AvgIpc) is 2.53. The lowest BCUT2D eigenvalue weighted by Gasteiger charge is -2.19. The Morgan fingerprint density at radius 1 is 1.10 bits per heavy atom. The standard InChI is InChI=1S/C17H22N2O2/c1-3-21-16-9-4-6-13(10-16)17(12-18)19-14-7-5-8-15(11-14)20-2/h4-11,17,19H,3,12,18H2,1-2H3. The second kappa shape index (κ2) is 7.55. The van der Waals surface area contributed by atoms with Crippen LogP contribution in [0.15, 0.2) is 48.5 Å². The minimum absolute atomic E-state index is 0.0255. The number of nitrogens with two attached hydrogens (primary N) is 1. The molecule has 2 aromatic carbocycles. The minimum atomic E-state index is 0.0255. The van der Waals surface area contributed by atoms with E-state index < -0.39 is 0 Å². The van der Waals surface area contributed by atoms with E-state index in [1.54, 1.807) is 7.11 Å². The Balaban J connectivity index is 2.17. The summed E-state index contributed by atoms with van der Waals surface area (Å²) in [6.45, 7) is 3.12. The third kappa shape index (κ3) is 4.13. The van der Waals surface area contributed by atoms with Gasteiger partial charge in [-0.1, -0.05) is 18.2 Å². The van der Waals surface area contributed by atoms with Crippen LogP contribution in [-0.2, 0) is 0 Å². The molecular formula is C17H22N2O2. The molecule has 2 rings (SSSR count). The predicted octanol–water partition coefficient (Wildman–Crippen LogP) is 3.21. The van der Waals surface area contributed by atoms with Crippen LogP contribution in [0.5, 0.6) is 11.5 Å². The third-order valence-electron chi connectivity index (χ3n) is 3.22. The monoisotopic (exact) mass is 286 g/mol. The predicted molar refractivity (Wildman–Crippen MR) is 86.0 cm³/mol. The van der Waals surface area contributed by atoms with Gasteiger partial charge in [0.25, 0.3) is 0 Å². The molecule has 0 heterocycles. The molecule has 0 aliphatic carbocycles. The zero-order valence-corrected chi connectivity index (χ0v) is 12.5. The van der Waals surface area contributed by atoms with Crippen molar-refractivity contribution < 1.29 is 9.47 Å². The molecule has 2 aromatic rings. The number of rotatable bonds is 7. The molecule has 0 saturated heterocycles. The number of methoxy groups -OCH3 is 1. The number of hydrogen-bond donors (Lipinski definition) is 2. The lowest BCUT2D eigenvalue weighted by molar-refractivity contribution is 0.339. The molecule has 1 unspecified atom stereocenters. The van der Waals surface area contributed by atoms with Gasteiger partial charge in [-0.25, -0.2) is 0 Å². The summed E-state index contributed by atoms with van der Waals surface area (Å²) in [4.78, 5) is 0. The van der Waals surface area contributed by atoms with E-state index >= 15 is 0 Å². The molecule has 4 heteroatoms. The fourth-order valence-corrected chi connectivity index (χ4v) is 2.18. The third-order valence-corrected chi connectivity index (χ3v) is 3.22. The molecule has 0 aliphatic heterocycles. The van der Waals surface area contributed by atoms with Crippen molar-refractivity contribution in [1.82, 2.24) is 0 Å². The highest BCUT2D eigenvalue weighted by molar-refractivity contribution is 5.50. The molecule has 0 aliphatic rings. The lowest BCUT2D eigenvalue weighted by Crippen LogP contribution is -2.20. The number of nitrogens with one attached hydrogen (secondary N) is 1. The van der Waals surface area contributed by atoms with E-state index in [1.165, 1.54) is 0 Å². The number of hydrogen-bond acceptors (Lipinski definition) is 4. The molecule has 0 spiro atoms. The highest BCUT2D eigenvalue weighted by Crippen LogP contribution is 2.24. The summed E-state index contributed by atoms with van der Waals surface area (Å²) in [6, 6.07) is 15.8. The van der Waals surface area contributed by atoms with Gasteiger partial charge in [-0.3, -0.25) is 0 Å². The highest BCUT2D eigenvalue weighted by Gasteiger charge is 2.10. The van der Waals surface area contributed by atoms with Crippen LogP contribution in [0.1, 0.15) is 18.5 Å². The van der Waals surface area contributed by atoms with Gasteiger partial charge in [0.05, 0.1) is 19.8 Å². The summed E-state index contributed by atoms with van der Waals surface area (Å²) >= 11 is 0. The zero-order valence-electron chi connectivity index (χ0n) is 12.5. The number of ether oxygens (including phenoxy) is 2. The van der Waals surface area contributed by atoms with Crippen LogP contribution in [0.2, 0.25) is 0 Å². The van der Waals surface area contributed by atoms with Crippen molar-refractivity contribution in [3.63, 3.8) is 0 Å². The van der Waals surface area contributed by atoms with Crippen LogP contribution in [0.3, 0.4) is 0 Å². The van der Waals surface area contributed by atoms with Crippen LogP contribution < -0.4 is 20.5 Å². The first kappa shape index (κ1) is 15.2. The smallest absolute Gasteiger partial charge is 0.120 e. The SMILES string of the molecule is CCOc1cccc(C(CN)Nc2cccc(OC)c2)c1. The van der Waals surface area contributed by atoms with E-state index in [9.17, 15) is 0 Å². The molecule has 4 nitrogen and oxygen atoms in total. The summed E-state index contributed by atoms with van der Waals surface area (Å²) < 4.78 is 10.8. The van der Waals surface area contributed by atoms with E-state index in [1.807, 2.05) is 55.5 Å². The summed E-state index contributed by atoms with van der Waals surface area (Å²) in [7, 11) is 1.66. The van der Waals surface area contributed by atoms with Gasteiger partial charge in [0.1, 0.15) is 11.5 Å². The quantitative estimate of drug-likeness (QED) is 0.820. The molecule has 0 fully saturated rings. The first-order chi connectivity index (χ1) is 10.3. The molecule has 112 valence electrons. The van der Waals surface area contributed by atoms with Crippen molar-refractivity contribution in [3.05, 3.63) is 54.1 Å². The summed E-state index contributed by atoms with van der Waals surface area (Å²) in [5.41, 5.74) is 7.99. The Morgan fingerprint density at radius 2 is 1.86 bits per heavy atom. The van der Waals surface area contributed by atoms with Gasteiger partial charge in [-0.2, -0.15) is 0 Å². The van der Waals surface area contributed by atoms with Crippen molar-refractivity contribution in [3.8, 4) is 11.5 Å². The van der Waals surface area contributed by atoms with Gasteiger partial charge in [-0.15, -0.1) is 0 Å². The van der Waals surface area contributed by atoms with Crippen LogP contribution in [-0.4, -0.2) is 20.3 Å². The van der Waals surface area contributed by atoms with Gasteiger partial charge in [0, 0.05) is 18.3 Å². The Hall–Kier alpha value is -2.20. The van der Waals surface area contributed by atoms with Crippen LogP contribution in [0.4, 0.5) is 5.69 Å². The van der Waals surface area contributed by atoms with E-state index in [-0.39, 0.29) is 6.04 Å². The van der Waals surface area contributed by atoms with Crippen molar-refractivity contribution in [2.24, 2.45) is 5.73 Å². The van der Waals surface area contributed by atoms with Gasteiger partial charge in [0.15, 0.2) is 0 Å². The Labute approximate surface area is 125 Å². The van der Waals surface area contributed by atoms with Crippen molar-refractivity contribution in [2.75, 3.05) is 25.6 Å². The largest absolute Gasteiger partial charge is 0.497 e. The summed E-state index contributed by atoms with van der Waals surface area (Å²) in [5.74, 6) is 1.68. The maximum Gasteiger partial charge on any atom is 0.120 e. The van der Waals surface area contributed by atoms with Crippen LogP contribution >= 0.6 is 0 Å². The normalized spacial score (nSPS) is 11.8. The molecule has 0 amide bonds. The van der Waals surface area contributed by atoms with E-state index in [0.29, 0.717) is 13.2 Å². The molecule has 21 heavy (non-hydrogen) atoms. The topological polar surface area (TPSA) is 56.5 Å². The molecular weight excluding hydrogens is 264 g/mol. The summed E-state index contributed by atoms with van der Waals surface area (Å²) in [6.07, 6.45) is 0. The van der Waals surface area contributed by atoms with Gasteiger partial charge in [-0.05, 0) is 36.8 Å². The maximum atomic E-state index is 5.91. The molecule has 0 aromatic heterocycles. The van der Waals surface area contributed by atoms with Crippen LogP contribution in [0, 0.1) is 0 Å². The molecule has 0 bridgehead atoms. The van der Waals surface area contributed by atoms with Gasteiger partial charge >= 0.3 is 0 Å². The van der Waals surface area contributed by atoms with Crippen LogP contribution in [0.25, 0.3) is 0 Å². The second-order valence-corrected chi connectivity index (χ2v) is 4.67. The number of anilines is 1. The van der Waals surface area contributed by atoms with Crippen molar-refractivity contribution in [2.45, 2.75) is 13.0 Å². The van der Waals surface area contributed by atoms with E-state index in [0.717, 1.165) is 22.7 Å².